The molecule has 0 bridgehead atoms. The van der Waals surface area contributed by atoms with E-state index in [0.29, 0.717) is 0 Å². The van der Waals surface area contributed by atoms with E-state index >= 15 is 0 Å². The third kappa shape index (κ3) is 0.913. The summed E-state index contributed by atoms with van der Waals surface area (Å²) in [5.74, 6) is -0.764. The average Bonchev–Trinajstić information content (AvgIpc) is 2.50. The van der Waals surface area contributed by atoms with Crippen molar-refractivity contribution in [2.24, 2.45) is 11.8 Å². The molecular formula is C8H9NO3. The molecule has 4 heteroatoms. The Hall–Kier alpha value is -1.32. The van der Waals surface area contributed by atoms with Gasteiger partial charge in [0.25, 0.3) is 0 Å². The lowest BCUT2D eigenvalue weighted by molar-refractivity contribution is -0.138. The number of oxazole rings is 1. The number of carboxylic acid groups (broad SMARTS) is 1. The molecule has 1 aliphatic rings. The Kier molecular flexibility index (Phi) is 1.43. The zero-order chi connectivity index (χ0) is 8.72. The van der Waals surface area contributed by atoms with Crippen molar-refractivity contribution in [2.75, 3.05) is 0 Å². The monoisotopic (exact) mass is 167 g/mol. The zero-order valence-electron chi connectivity index (χ0n) is 6.60. The van der Waals surface area contributed by atoms with Crippen molar-refractivity contribution in [1.82, 2.24) is 4.98 Å². The minimum Gasteiger partial charge on any atom is -0.481 e. The summed E-state index contributed by atoms with van der Waals surface area (Å²) < 4.78 is 4.79. The van der Waals surface area contributed by atoms with Crippen LogP contribution in [-0.4, -0.2) is 16.1 Å². The Morgan fingerprint density at radius 2 is 2.50 bits per heavy atom. The standard InChI is InChI=1S/C8H9NO3/c1-4-6(7(4)8(10)11)5-2-12-3-9-5/h2-4,6-7H,1H3,(H,10,11). The van der Waals surface area contributed by atoms with Gasteiger partial charge in [0.1, 0.15) is 6.26 Å². The molecule has 3 unspecified atom stereocenters. The van der Waals surface area contributed by atoms with Gasteiger partial charge in [0.2, 0.25) is 0 Å². The predicted molar refractivity (Wildman–Crippen MR) is 39.5 cm³/mol. The molecular weight excluding hydrogens is 158 g/mol. The maximum Gasteiger partial charge on any atom is 0.307 e. The largest absolute Gasteiger partial charge is 0.481 e. The molecule has 1 aliphatic carbocycles. The summed E-state index contributed by atoms with van der Waals surface area (Å²) in [5, 5.41) is 8.73. The predicted octanol–water partition coefficient (Wildman–Crippen LogP) is 1.11. The van der Waals surface area contributed by atoms with Crippen LogP contribution < -0.4 is 0 Å². The Labute approximate surface area is 69.2 Å². The summed E-state index contributed by atoms with van der Waals surface area (Å²) in [6.45, 7) is 1.91. The van der Waals surface area contributed by atoms with Crippen LogP contribution in [0.2, 0.25) is 0 Å². The van der Waals surface area contributed by atoms with Crippen molar-refractivity contribution in [3.8, 4) is 0 Å². The van der Waals surface area contributed by atoms with Crippen LogP contribution in [0.15, 0.2) is 17.1 Å². The van der Waals surface area contributed by atoms with Crippen LogP contribution in [0.5, 0.6) is 0 Å². The first-order chi connectivity index (χ1) is 5.72. The van der Waals surface area contributed by atoms with Crippen LogP contribution in [0.25, 0.3) is 0 Å². The second kappa shape index (κ2) is 2.33. The van der Waals surface area contributed by atoms with Gasteiger partial charge in [-0.25, -0.2) is 4.98 Å². The highest BCUT2D eigenvalue weighted by atomic mass is 16.4. The molecule has 1 fully saturated rings. The zero-order valence-corrected chi connectivity index (χ0v) is 6.60. The molecule has 12 heavy (non-hydrogen) atoms. The molecule has 3 atom stereocenters. The fourth-order valence-electron chi connectivity index (χ4n) is 1.68. The molecule has 0 aliphatic heterocycles. The minimum absolute atomic E-state index is 0.0567. The molecule has 1 heterocycles. The molecule has 0 aromatic carbocycles. The number of hydrogen-bond donors (Lipinski definition) is 1. The van der Waals surface area contributed by atoms with Crippen molar-refractivity contribution >= 4 is 5.97 Å². The summed E-state index contributed by atoms with van der Waals surface area (Å²) in [4.78, 5) is 14.6. The number of aromatic nitrogens is 1. The normalized spacial score (nSPS) is 33.2. The molecule has 1 aromatic rings. The van der Waals surface area contributed by atoms with Crippen molar-refractivity contribution in [1.29, 1.82) is 0 Å². The molecule has 1 aromatic heterocycles. The Morgan fingerprint density at radius 1 is 1.75 bits per heavy atom. The van der Waals surface area contributed by atoms with Gasteiger partial charge >= 0.3 is 5.97 Å². The smallest absolute Gasteiger partial charge is 0.307 e. The second-order valence-electron chi connectivity index (χ2n) is 3.16. The number of hydrogen-bond acceptors (Lipinski definition) is 3. The lowest BCUT2D eigenvalue weighted by Gasteiger charge is -1.86. The highest BCUT2D eigenvalue weighted by Gasteiger charge is 2.54. The van der Waals surface area contributed by atoms with Crippen LogP contribution in [0.4, 0.5) is 0 Å². The van der Waals surface area contributed by atoms with E-state index in [9.17, 15) is 4.79 Å². The van der Waals surface area contributed by atoms with E-state index in [-0.39, 0.29) is 17.8 Å². The molecule has 4 nitrogen and oxygen atoms in total. The van der Waals surface area contributed by atoms with E-state index in [1.807, 2.05) is 6.92 Å². The van der Waals surface area contributed by atoms with Gasteiger partial charge in [-0.05, 0) is 5.92 Å². The van der Waals surface area contributed by atoms with Gasteiger partial charge in [-0.1, -0.05) is 6.92 Å². The first kappa shape index (κ1) is 7.34. The number of aliphatic carboxylic acids is 1. The van der Waals surface area contributed by atoms with E-state index in [4.69, 9.17) is 9.52 Å². The van der Waals surface area contributed by atoms with Gasteiger partial charge in [-0.15, -0.1) is 0 Å². The van der Waals surface area contributed by atoms with Gasteiger partial charge in [0.15, 0.2) is 6.39 Å². The Balaban J connectivity index is 2.15. The number of carbonyl (C=O) groups is 1. The van der Waals surface area contributed by atoms with Gasteiger partial charge in [-0.3, -0.25) is 4.79 Å². The highest BCUT2D eigenvalue weighted by molar-refractivity contribution is 5.75. The molecule has 0 radical (unpaired) electrons. The van der Waals surface area contributed by atoms with E-state index in [2.05, 4.69) is 4.98 Å². The van der Waals surface area contributed by atoms with E-state index in [1.165, 1.54) is 12.7 Å². The third-order valence-corrected chi connectivity index (χ3v) is 2.46. The molecule has 0 saturated heterocycles. The Morgan fingerprint density at radius 3 is 2.92 bits per heavy atom. The molecule has 1 saturated carbocycles. The fourth-order valence-corrected chi connectivity index (χ4v) is 1.68. The number of rotatable bonds is 2. The first-order valence-electron chi connectivity index (χ1n) is 3.82. The average molecular weight is 167 g/mol. The van der Waals surface area contributed by atoms with Crippen LogP contribution in [0, 0.1) is 11.8 Å². The van der Waals surface area contributed by atoms with Crippen LogP contribution >= 0.6 is 0 Å². The molecule has 64 valence electrons. The van der Waals surface area contributed by atoms with Crippen molar-refractivity contribution in [3.63, 3.8) is 0 Å². The van der Waals surface area contributed by atoms with Crippen LogP contribution in [0.3, 0.4) is 0 Å². The maximum absolute atomic E-state index is 10.6. The molecule has 1 N–H and O–H groups in total. The van der Waals surface area contributed by atoms with Gasteiger partial charge in [0.05, 0.1) is 11.6 Å². The lowest BCUT2D eigenvalue weighted by Crippen LogP contribution is -1.99. The minimum atomic E-state index is -0.740. The third-order valence-electron chi connectivity index (χ3n) is 2.46. The number of carboxylic acids is 1. The topological polar surface area (TPSA) is 63.3 Å². The van der Waals surface area contributed by atoms with Crippen molar-refractivity contribution in [2.45, 2.75) is 12.8 Å². The summed E-state index contributed by atoms with van der Waals surface area (Å²) >= 11 is 0. The maximum atomic E-state index is 10.6. The number of nitrogens with zero attached hydrogens (tertiary/aromatic N) is 1. The van der Waals surface area contributed by atoms with Gasteiger partial charge in [0, 0.05) is 5.92 Å². The van der Waals surface area contributed by atoms with Crippen LogP contribution in [-0.2, 0) is 4.79 Å². The van der Waals surface area contributed by atoms with Gasteiger partial charge < -0.3 is 9.52 Å². The summed E-state index contributed by atoms with van der Waals surface area (Å²) in [5.41, 5.74) is 0.759. The van der Waals surface area contributed by atoms with Crippen molar-refractivity contribution in [3.05, 3.63) is 18.4 Å². The summed E-state index contributed by atoms with van der Waals surface area (Å²) in [6, 6.07) is 0. The molecule has 2 rings (SSSR count). The quantitative estimate of drug-likeness (QED) is 0.716. The lowest BCUT2D eigenvalue weighted by atomic mass is 10.2. The van der Waals surface area contributed by atoms with Crippen LogP contribution in [0.1, 0.15) is 18.5 Å². The van der Waals surface area contributed by atoms with E-state index in [0.717, 1.165) is 5.69 Å². The van der Waals surface area contributed by atoms with E-state index in [1.54, 1.807) is 0 Å². The second-order valence-corrected chi connectivity index (χ2v) is 3.16. The SMILES string of the molecule is CC1C(C(=O)O)C1c1cocn1. The van der Waals surface area contributed by atoms with Crippen molar-refractivity contribution < 1.29 is 14.3 Å². The summed E-state index contributed by atoms with van der Waals surface area (Å²) in [6.07, 6.45) is 2.85. The first-order valence-corrected chi connectivity index (χ1v) is 3.82. The van der Waals surface area contributed by atoms with Gasteiger partial charge in [-0.2, -0.15) is 0 Å². The fraction of sp³-hybridized carbons (Fsp3) is 0.500. The molecule has 0 amide bonds. The molecule has 0 spiro atoms. The summed E-state index contributed by atoms with van der Waals surface area (Å²) in [7, 11) is 0. The van der Waals surface area contributed by atoms with E-state index < -0.39 is 5.97 Å². The Bertz CT molecular complexity index is 293. The highest BCUT2D eigenvalue weighted by Crippen LogP contribution is 2.53.